The molecule has 4 aliphatic rings. The Morgan fingerprint density at radius 3 is 1.53 bits per heavy atom. The molecule has 4 aromatic heterocycles. The summed E-state index contributed by atoms with van der Waals surface area (Å²) in [5.41, 5.74) is 15.4. The fourth-order valence-electron chi connectivity index (χ4n) is 12.5. The Hall–Kier alpha value is -8.77. The van der Waals surface area contributed by atoms with Crippen LogP contribution in [0, 0.1) is 0 Å². The topological polar surface area (TPSA) is 234 Å². The Bertz CT molecular complexity index is 3960. The normalized spacial score (nSPS) is 17.0. The van der Waals surface area contributed by atoms with Gasteiger partial charge in [-0.3, -0.25) is 28.8 Å². The predicted octanol–water partition coefficient (Wildman–Crippen LogP) is 9.45. The second-order valence-electron chi connectivity index (χ2n) is 24.1. The molecule has 4 aliphatic heterocycles. The summed E-state index contributed by atoms with van der Waals surface area (Å²) in [6.07, 6.45) is 6.21. The van der Waals surface area contributed by atoms with E-state index in [-0.39, 0.29) is 69.1 Å². The molecule has 2 fully saturated rings. The summed E-state index contributed by atoms with van der Waals surface area (Å²) in [5, 5.41) is 25.8. The molecule has 2 saturated heterocycles. The van der Waals surface area contributed by atoms with E-state index < -0.39 is 61.0 Å². The van der Waals surface area contributed by atoms with E-state index in [0.717, 1.165) is 79.4 Å². The van der Waals surface area contributed by atoms with E-state index in [1.165, 1.54) is 11.3 Å². The van der Waals surface area contributed by atoms with Crippen LogP contribution in [0.1, 0.15) is 86.8 Å². The molecule has 0 saturated carbocycles. The van der Waals surface area contributed by atoms with Gasteiger partial charge in [0.25, 0.3) is 0 Å². The zero-order chi connectivity index (χ0) is 65.2. The number of anilines is 4. The summed E-state index contributed by atoms with van der Waals surface area (Å²) in [7, 11) is 0. The number of hydrogen-bond donors (Lipinski definition) is 5. The zero-order valence-electron chi connectivity index (χ0n) is 52.1. The second kappa shape index (κ2) is 29.7. The van der Waals surface area contributed by atoms with E-state index >= 15 is 0 Å². The number of thiophene rings is 2. The van der Waals surface area contributed by atoms with Gasteiger partial charge in [-0.15, -0.1) is 0 Å². The summed E-state index contributed by atoms with van der Waals surface area (Å²) >= 11 is 3.08. The van der Waals surface area contributed by atoms with Gasteiger partial charge in [-0.1, -0.05) is 60.7 Å². The number of aromatic nitrogens is 2. The fraction of sp³-hybridized carbons (Fsp3) is 0.377. The first-order valence-electron chi connectivity index (χ1n) is 31.1. The van der Waals surface area contributed by atoms with Gasteiger partial charge in [-0.25, -0.2) is 13.6 Å². The Morgan fingerprint density at radius 2 is 1.11 bits per heavy atom. The van der Waals surface area contributed by atoms with E-state index in [1.54, 1.807) is 69.4 Å². The first-order valence-corrected chi connectivity index (χ1v) is 33.0. The SMILES string of the molecule is CC(C)(C)OC(=O)N[C@H](Cc1cn(CCF)c2ccccc12)C(=O)NC1Cc2cccc(N3CCCC3=O)c2N(Cc2ccsc2)C1=O.CCO.N[C@H](Cc1cn(CCF)c2ccccc12)C(=O)NC1Cc2cccc(N3CCCC3=O)c2N(Cc2ccsc2)C1=O. The number of para-hydroxylation sites is 4. The summed E-state index contributed by atoms with van der Waals surface area (Å²) < 4.78 is 35.7. The minimum atomic E-state index is -1.10. The molecule has 4 aromatic carbocycles. The lowest BCUT2D eigenvalue weighted by molar-refractivity contribution is -0.129. The van der Waals surface area contributed by atoms with Crippen molar-refractivity contribution >= 4 is 109 Å². The number of nitrogens with zero attached hydrogens (tertiary/aromatic N) is 6. The van der Waals surface area contributed by atoms with E-state index in [1.807, 2.05) is 129 Å². The monoisotopic (exact) mass is 1290 g/mol. The van der Waals surface area contributed by atoms with Crippen molar-refractivity contribution in [3.8, 4) is 0 Å². The number of halogens is 2. The first kappa shape index (κ1) is 66.2. The number of alkyl halides is 2. The van der Waals surface area contributed by atoms with Gasteiger partial charge >= 0.3 is 6.09 Å². The predicted molar refractivity (Wildman–Crippen MR) is 355 cm³/mol. The molecule has 0 radical (unpaired) electrons. The molecule has 0 spiro atoms. The zero-order valence-corrected chi connectivity index (χ0v) is 53.7. The summed E-state index contributed by atoms with van der Waals surface area (Å²) in [6.45, 7) is 8.26. The molecule has 8 heterocycles. The Morgan fingerprint density at radius 1 is 0.652 bits per heavy atom. The van der Waals surface area contributed by atoms with Crippen molar-refractivity contribution in [3.05, 3.63) is 164 Å². The Kier molecular flexibility index (Phi) is 21.3. The second-order valence-corrected chi connectivity index (χ2v) is 25.7. The standard InChI is InChI=1S/C36H40FN5O5S.C31H32FN5O3S.C2H6O/c1-36(2,3)47-35(46)39-27(19-25-21-40(16-14-37)29-10-5-4-9-26(25)29)33(44)38-28-18-24-8-6-11-30(41-15-7-12-31(41)43)32(24)42(34(28)45)20-23-13-17-48-22-23;32-11-13-35-18-22(23-6-1-2-7-26(23)35)15-24(33)30(39)34-25-16-21-5-3-8-27(36-12-4-9-28(36)38)29(21)37(31(25)40)17-20-10-14-41-19-20;1-2-3/h4-6,8-11,13,17,21-22,27-28H,7,12,14-16,18-20H2,1-3H3,(H,38,44)(H,39,46);1-3,5-8,10,14,18-19,24-25H,4,9,11-13,15-17,33H2,(H,34,39);3H,2H2,1H3/t27-,28?;24-,25?;/m11./s1. The van der Waals surface area contributed by atoms with Crippen LogP contribution in [0.25, 0.3) is 21.8 Å². The maximum atomic E-state index is 14.3. The van der Waals surface area contributed by atoms with Crippen molar-refractivity contribution in [2.45, 2.75) is 135 Å². The van der Waals surface area contributed by atoms with Gasteiger partial charge in [0.15, 0.2) is 0 Å². The van der Waals surface area contributed by atoms with Crippen molar-refractivity contribution in [1.29, 1.82) is 0 Å². The number of carbonyl (C=O) groups excluding carboxylic acids is 7. The van der Waals surface area contributed by atoms with Gasteiger partial charge in [-0.05, 0) is 138 Å². The van der Waals surface area contributed by atoms with Gasteiger partial charge in [0.1, 0.15) is 37.1 Å². The lowest BCUT2D eigenvalue weighted by atomic mass is 9.94. The first-order chi connectivity index (χ1) is 44.4. The van der Waals surface area contributed by atoms with Crippen molar-refractivity contribution in [1.82, 2.24) is 25.1 Å². The number of carbonyl (C=O) groups is 7. The quantitative estimate of drug-likeness (QED) is 0.0514. The number of ether oxygens (including phenoxy) is 1. The highest BCUT2D eigenvalue weighted by molar-refractivity contribution is 7.08. The summed E-state index contributed by atoms with van der Waals surface area (Å²) in [5.74, 6) is -1.44. The minimum Gasteiger partial charge on any atom is -0.444 e. The van der Waals surface area contributed by atoms with Crippen molar-refractivity contribution in [2.24, 2.45) is 5.73 Å². The van der Waals surface area contributed by atoms with Gasteiger partial charge < -0.3 is 60.3 Å². The minimum absolute atomic E-state index is 0.0192. The van der Waals surface area contributed by atoms with Crippen LogP contribution in [0.15, 0.2) is 131 Å². The number of aryl methyl sites for hydroxylation is 2. The van der Waals surface area contributed by atoms with Crippen LogP contribution in [0.2, 0.25) is 0 Å². The van der Waals surface area contributed by atoms with E-state index in [4.69, 9.17) is 15.6 Å². The maximum absolute atomic E-state index is 14.3. The molecular weight excluding hydrogens is 1210 g/mol. The highest BCUT2D eigenvalue weighted by Crippen LogP contribution is 2.42. The highest BCUT2D eigenvalue weighted by atomic mass is 32.1. The van der Waals surface area contributed by atoms with Crippen LogP contribution in [0.5, 0.6) is 0 Å². The van der Waals surface area contributed by atoms with Crippen molar-refractivity contribution in [2.75, 3.05) is 52.6 Å². The van der Waals surface area contributed by atoms with Gasteiger partial charge in [0.2, 0.25) is 35.4 Å². The number of rotatable bonds is 19. The van der Waals surface area contributed by atoms with Crippen LogP contribution in [0.3, 0.4) is 0 Å². The van der Waals surface area contributed by atoms with Crippen LogP contribution in [-0.2, 0) is 85.4 Å². The molecule has 0 bridgehead atoms. The van der Waals surface area contributed by atoms with E-state index in [9.17, 15) is 42.3 Å². The van der Waals surface area contributed by atoms with Crippen LogP contribution >= 0.6 is 22.7 Å². The number of fused-ring (bicyclic) bond motifs is 4. The number of nitrogens with one attached hydrogen (secondary N) is 3. The summed E-state index contributed by atoms with van der Waals surface area (Å²) in [6, 6.07) is 26.8. The number of amides is 7. The molecule has 7 amide bonds. The molecule has 12 rings (SSSR count). The van der Waals surface area contributed by atoms with Gasteiger partial charge in [0.05, 0.1) is 55.0 Å². The van der Waals surface area contributed by atoms with Gasteiger partial charge in [-0.2, -0.15) is 22.7 Å². The number of aliphatic hydroxyl groups excluding tert-OH is 1. The van der Waals surface area contributed by atoms with E-state index in [2.05, 4.69) is 16.0 Å². The molecule has 8 aromatic rings. The third kappa shape index (κ3) is 15.1. The highest BCUT2D eigenvalue weighted by Gasteiger charge is 2.41. The number of benzene rings is 4. The average molecular weight is 1290 g/mol. The van der Waals surface area contributed by atoms with Crippen molar-refractivity contribution in [3.63, 3.8) is 0 Å². The van der Waals surface area contributed by atoms with Crippen LogP contribution < -0.4 is 41.3 Å². The fourth-order valence-corrected chi connectivity index (χ4v) is 13.8. The third-order valence-electron chi connectivity index (χ3n) is 16.5. The lowest BCUT2D eigenvalue weighted by Crippen LogP contribution is -2.57. The molecule has 19 nitrogen and oxygen atoms in total. The molecule has 6 N–H and O–H groups in total. The largest absolute Gasteiger partial charge is 0.444 e. The molecule has 484 valence electrons. The Labute approximate surface area is 541 Å². The van der Waals surface area contributed by atoms with E-state index in [0.29, 0.717) is 50.3 Å². The molecule has 2 unspecified atom stereocenters. The molecule has 4 atom stereocenters. The molecular formula is C69H78F2N10O9S2. The Balaban J connectivity index is 0.000000195. The lowest BCUT2D eigenvalue weighted by Gasteiger charge is -2.37. The number of hydrogen-bond acceptors (Lipinski definition) is 12. The van der Waals surface area contributed by atoms with Crippen LogP contribution in [0.4, 0.5) is 36.3 Å². The maximum Gasteiger partial charge on any atom is 0.408 e. The van der Waals surface area contributed by atoms with Crippen LogP contribution in [-0.4, -0.2) is 119 Å². The molecule has 0 aliphatic carbocycles. The third-order valence-corrected chi connectivity index (χ3v) is 18.0. The number of alkyl carbamates (subject to hydrolysis) is 1. The molecule has 92 heavy (non-hydrogen) atoms. The number of nitrogens with two attached hydrogens (primary N) is 1. The smallest absolute Gasteiger partial charge is 0.408 e. The average Bonchev–Trinajstić information content (AvgIpc) is 0.970. The summed E-state index contributed by atoms with van der Waals surface area (Å²) in [4.78, 5) is 101. The van der Waals surface area contributed by atoms with Crippen molar-refractivity contribution < 1.29 is 52.2 Å². The van der Waals surface area contributed by atoms with Gasteiger partial charge in [0, 0.05) is 86.0 Å². The number of aliphatic hydroxyl groups is 1. The molecule has 23 heteroatoms.